The van der Waals surface area contributed by atoms with Crippen LogP contribution >= 0.6 is 0 Å². The molecule has 38 heavy (non-hydrogen) atoms. The summed E-state index contributed by atoms with van der Waals surface area (Å²) in [5.41, 5.74) is -1.17. The predicted octanol–water partition coefficient (Wildman–Crippen LogP) is 4.76. The zero-order valence-electron chi connectivity index (χ0n) is 22.2. The number of alkyl halides is 3. The van der Waals surface area contributed by atoms with Gasteiger partial charge in [-0.1, -0.05) is 25.0 Å². The first-order valence-electron chi connectivity index (χ1n) is 13.1. The molecule has 1 aromatic heterocycles. The second-order valence-corrected chi connectivity index (χ2v) is 10.1. The molecule has 1 fully saturated rings. The smallest absolute Gasteiger partial charge is 0.389 e. The van der Waals surface area contributed by atoms with Crippen molar-refractivity contribution in [3.63, 3.8) is 0 Å². The average Bonchev–Trinajstić information content (AvgIpc) is 3.37. The quantitative estimate of drug-likeness (QED) is 0.361. The van der Waals surface area contributed by atoms with E-state index >= 15 is 0 Å². The SMILES string of the molecule is CCOC(=O)C(C)(C)Oc1cccc(CCCn2c(=O)c(C3CCCC3)nn(CCCC(F)(F)F)c2=O)c1. The number of ether oxygens (including phenoxy) is 2. The molecule has 0 atom stereocenters. The van der Waals surface area contributed by atoms with Crippen LogP contribution in [0, 0.1) is 0 Å². The number of carbonyl (C=O) groups excluding carboxylic acids is 1. The average molecular weight is 540 g/mol. The number of benzene rings is 1. The molecule has 1 aliphatic rings. The molecular formula is C27H36F3N3O5. The minimum absolute atomic E-state index is 0.0835. The number of rotatable bonds is 12. The fraction of sp³-hybridized carbons (Fsp3) is 0.630. The highest BCUT2D eigenvalue weighted by atomic mass is 19.4. The largest absolute Gasteiger partial charge is 0.476 e. The van der Waals surface area contributed by atoms with Gasteiger partial charge in [-0.25, -0.2) is 14.3 Å². The van der Waals surface area contributed by atoms with Gasteiger partial charge >= 0.3 is 17.8 Å². The molecule has 3 rings (SSSR count). The van der Waals surface area contributed by atoms with Gasteiger partial charge in [0.2, 0.25) is 0 Å². The molecule has 0 amide bonds. The van der Waals surface area contributed by atoms with Crippen molar-refractivity contribution in [2.45, 2.75) is 103 Å². The van der Waals surface area contributed by atoms with Crippen molar-refractivity contribution in [1.29, 1.82) is 0 Å². The maximum Gasteiger partial charge on any atom is 0.389 e. The van der Waals surface area contributed by atoms with E-state index in [1.54, 1.807) is 39.0 Å². The Hall–Kier alpha value is -3.11. The highest BCUT2D eigenvalue weighted by Gasteiger charge is 2.32. The van der Waals surface area contributed by atoms with Crippen molar-refractivity contribution >= 4 is 5.97 Å². The summed E-state index contributed by atoms with van der Waals surface area (Å²) < 4.78 is 51.0. The zero-order chi connectivity index (χ0) is 27.9. The fourth-order valence-electron chi connectivity index (χ4n) is 4.65. The van der Waals surface area contributed by atoms with E-state index in [4.69, 9.17) is 9.47 Å². The summed E-state index contributed by atoms with van der Waals surface area (Å²) in [6.07, 6.45) is -1.23. The lowest BCUT2D eigenvalue weighted by Gasteiger charge is -2.24. The molecule has 11 heteroatoms. The van der Waals surface area contributed by atoms with Crippen LogP contribution in [0.25, 0.3) is 0 Å². The number of aryl methyl sites for hydroxylation is 2. The molecule has 0 bridgehead atoms. The lowest BCUT2D eigenvalue weighted by molar-refractivity contribution is -0.158. The molecule has 0 aliphatic heterocycles. The second-order valence-electron chi connectivity index (χ2n) is 10.1. The van der Waals surface area contributed by atoms with Gasteiger partial charge in [0.05, 0.1) is 6.61 Å². The number of halogens is 3. The van der Waals surface area contributed by atoms with Crippen LogP contribution in [0.5, 0.6) is 5.75 Å². The molecule has 0 N–H and O–H groups in total. The third-order valence-electron chi connectivity index (χ3n) is 6.60. The van der Waals surface area contributed by atoms with Gasteiger partial charge in [-0.3, -0.25) is 9.36 Å². The number of nitrogens with zero attached hydrogens (tertiary/aromatic N) is 3. The van der Waals surface area contributed by atoms with Crippen molar-refractivity contribution in [2.75, 3.05) is 6.61 Å². The lowest BCUT2D eigenvalue weighted by Crippen LogP contribution is -2.44. The summed E-state index contributed by atoms with van der Waals surface area (Å²) in [6.45, 7) is 5.11. The molecule has 0 spiro atoms. The van der Waals surface area contributed by atoms with Crippen LogP contribution in [-0.2, 0) is 29.0 Å². The minimum atomic E-state index is -4.32. The molecule has 210 valence electrons. The number of carbonyl (C=O) groups is 1. The molecule has 1 heterocycles. The summed E-state index contributed by atoms with van der Waals surface area (Å²) in [5, 5.41) is 4.22. The van der Waals surface area contributed by atoms with Gasteiger partial charge in [-0.2, -0.15) is 18.3 Å². The van der Waals surface area contributed by atoms with E-state index in [0.29, 0.717) is 18.6 Å². The van der Waals surface area contributed by atoms with Crippen LogP contribution in [0.2, 0.25) is 0 Å². The Bertz CT molecular complexity index is 1210. The molecule has 1 aromatic carbocycles. The van der Waals surface area contributed by atoms with Crippen molar-refractivity contribution in [3.8, 4) is 5.75 Å². The Kier molecular flexibility index (Phi) is 9.78. The van der Waals surface area contributed by atoms with Crippen molar-refractivity contribution in [1.82, 2.24) is 14.3 Å². The monoisotopic (exact) mass is 539 g/mol. The standard InChI is InChI=1S/C27H36F3N3O5/c1-4-37-24(35)26(2,3)38-21-14-7-10-19(18-21)11-8-16-32-23(34)22(20-12-5-6-13-20)31-33(25(32)36)17-9-15-27(28,29)30/h7,10,14,18,20H,4-6,8-9,11-13,15-17H2,1-3H3. The number of aromatic nitrogens is 3. The Morgan fingerprint density at radius 1 is 1.11 bits per heavy atom. The summed E-state index contributed by atoms with van der Waals surface area (Å²) in [5.74, 6) is -0.0796. The summed E-state index contributed by atoms with van der Waals surface area (Å²) >= 11 is 0. The van der Waals surface area contributed by atoms with Crippen molar-refractivity contribution < 1.29 is 27.4 Å². The highest BCUT2D eigenvalue weighted by molar-refractivity contribution is 5.79. The Morgan fingerprint density at radius 3 is 2.47 bits per heavy atom. The summed E-state index contributed by atoms with van der Waals surface area (Å²) in [6, 6.07) is 7.18. The van der Waals surface area contributed by atoms with Crippen molar-refractivity contribution in [2.24, 2.45) is 0 Å². The van der Waals surface area contributed by atoms with Crippen LogP contribution in [0.15, 0.2) is 33.9 Å². The van der Waals surface area contributed by atoms with Crippen LogP contribution in [0.4, 0.5) is 13.2 Å². The van der Waals surface area contributed by atoms with E-state index in [1.807, 2.05) is 6.07 Å². The first kappa shape index (κ1) is 29.4. The van der Waals surface area contributed by atoms with Gasteiger partial charge in [-0.15, -0.1) is 0 Å². The van der Waals surface area contributed by atoms with Crippen LogP contribution in [0.1, 0.15) is 82.9 Å². The number of hydrogen-bond acceptors (Lipinski definition) is 6. The predicted molar refractivity (Wildman–Crippen MR) is 135 cm³/mol. The Morgan fingerprint density at radius 2 is 1.82 bits per heavy atom. The fourth-order valence-corrected chi connectivity index (χ4v) is 4.65. The summed E-state index contributed by atoms with van der Waals surface area (Å²) in [4.78, 5) is 38.3. The second kappa shape index (κ2) is 12.6. The topological polar surface area (TPSA) is 92.4 Å². The maximum absolute atomic E-state index is 13.2. The summed E-state index contributed by atoms with van der Waals surface area (Å²) in [7, 11) is 0. The third-order valence-corrected chi connectivity index (χ3v) is 6.60. The minimum Gasteiger partial charge on any atom is -0.476 e. The normalized spacial score (nSPS) is 14.6. The van der Waals surface area contributed by atoms with E-state index in [0.717, 1.165) is 40.5 Å². The molecule has 0 saturated heterocycles. The Labute approximate surface area is 219 Å². The van der Waals surface area contributed by atoms with Gasteiger partial charge in [0, 0.05) is 25.4 Å². The van der Waals surface area contributed by atoms with E-state index in [9.17, 15) is 27.6 Å². The molecule has 1 aliphatic carbocycles. The number of hydrogen-bond donors (Lipinski definition) is 0. The van der Waals surface area contributed by atoms with Crippen LogP contribution in [-0.4, -0.2) is 38.7 Å². The lowest BCUT2D eigenvalue weighted by atomic mass is 10.0. The van der Waals surface area contributed by atoms with E-state index in [1.165, 1.54) is 0 Å². The van der Waals surface area contributed by atoms with Gasteiger partial charge in [0.1, 0.15) is 11.4 Å². The first-order chi connectivity index (χ1) is 17.9. The van der Waals surface area contributed by atoms with Gasteiger partial charge in [0.25, 0.3) is 5.56 Å². The molecule has 0 radical (unpaired) electrons. The molecule has 1 saturated carbocycles. The number of esters is 1. The Balaban J connectivity index is 1.74. The molecular weight excluding hydrogens is 503 g/mol. The zero-order valence-corrected chi connectivity index (χ0v) is 22.2. The van der Waals surface area contributed by atoms with Crippen LogP contribution in [0.3, 0.4) is 0 Å². The van der Waals surface area contributed by atoms with E-state index < -0.39 is 35.4 Å². The van der Waals surface area contributed by atoms with Gasteiger partial charge in [0.15, 0.2) is 5.60 Å². The van der Waals surface area contributed by atoms with Crippen molar-refractivity contribution in [3.05, 3.63) is 56.4 Å². The maximum atomic E-state index is 13.2. The van der Waals surface area contributed by atoms with Crippen LogP contribution < -0.4 is 16.0 Å². The first-order valence-corrected chi connectivity index (χ1v) is 13.1. The molecule has 2 aromatic rings. The van der Waals surface area contributed by atoms with E-state index in [-0.39, 0.29) is 37.7 Å². The van der Waals surface area contributed by atoms with E-state index in [2.05, 4.69) is 5.10 Å². The molecule has 0 unspecified atom stereocenters. The highest BCUT2D eigenvalue weighted by Crippen LogP contribution is 2.31. The van der Waals surface area contributed by atoms with Gasteiger partial charge < -0.3 is 9.47 Å². The molecule has 8 nitrogen and oxygen atoms in total. The van der Waals surface area contributed by atoms with Gasteiger partial charge in [-0.05, 0) is 70.6 Å². The third kappa shape index (κ3) is 7.94.